The van der Waals surface area contributed by atoms with Crippen LogP contribution in [0.2, 0.25) is 0 Å². The number of aromatic amines is 1. The van der Waals surface area contributed by atoms with E-state index in [1.54, 1.807) is 0 Å². The Labute approximate surface area is 69.8 Å². The van der Waals surface area contributed by atoms with E-state index in [1.165, 1.54) is 12.4 Å². The van der Waals surface area contributed by atoms with E-state index in [0.29, 0.717) is 0 Å². The number of sulfonamides is 1. The number of hydrogen-bond acceptors (Lipinski definition) is 4. The van der Waals surface area contributed by atoms with Crippen molar-refractivity contribution in [3.05, 3.63) is 19.0 Å². The van der Waals surface area contributed by atoms with E-state index in [0.717, 1.165) is 0 Å². The van der Waals surface area contributed by atoms with Gasteiger partial charge >= 0.3 is 0 Å². The maximum atomic E-state index is 11.0. The largest absolute Gasteiger partial charge is 0.264 e. The highest BCUT2D eigenvalue weighted by Gasteiger charge is 2.08. The Morgan fingerprint density at radius 2 is 2.50 bits per heavy atom. The average molecular weight is 188 g/mol. The fourth-order valence-electron chi connectivity index (χ4n) is 0.594. The molecule has 66 valence electrons. The van der Waals surface area contributed by atoms with Gasteiger partial charge in [-0.25, -0.2) is 13.1 Å². The van der Waals surface area contributed by atoms with Crippen LogP contribution in [0, 0.1) is 0 Å². The summed E-state index contributed by atoms with van der Waals surface area (Å²) in [6.07, 6.45) is 2.57. The molecule has 0 aliphatic carbocycles. The second kappa shape index (κ2) is 3.35. The minimum atomic E-state index is -3.37. The summed E-state index contributed by atoms with van der Waals surface area (Å²) in [5, 5.41) is 5.90. The van der Waals surface area contributed by atoms with Crippen molar-refractivity contribution in [2.24, 2.45) is 0 Å². The molecule has 0 spiro atoms. The first-order chi connectivity index (χ1) is 5.64. The molecule has 12 heavy (non-hydrogen) atoms. The van der Waals surface area contributed by atoms with E-state index in [-0.39, 0.29) is 11.7 Å². The van der Waals surface area contributed by atoms with Gasteiger partial charge < -0.3 is 0 Å². The third-order valence-electron chi connectivity index (χ3n) is 0.999. The Kier molecular flexibility index (Phi) is 2.44. The van der Waals surface area contributed by atoms with Crippen molar-refractivity contribution in [3.8, 4) is 0 Å². The van der Waals surface area contributed by atoms with Crippen LogP contribution in [0.3, 0.4) is 0 Å². The lowest BCUT2D eigenvalue weighted by molar-refractivity contribution is 0.603. The van der Waals surface area contributed by atoms with Gasteiger partial charge in [-0.05, 0) is 0 Å². The van der Waals surface area contributed by atoms with Crippen molar-refractivity contribution in [1.29, 1.82) is 0 Å². The molecular weight excluding hydrogens is 180 g/mol. The zero-order valence-electron chi connectivity index (χ0n) is 6.19. The Morgan fingerprint density at radius 1 is 1.75 bits per heavy atom. The number of aromatic nitrogens is 3. The predicted molar refractivity (Wildman–Crippen MR) is 44.0 cm³/mol. The average Bonchev–Trinajstić information content (AvgIpc) is 2.38. The number of hydrogen-bond donors (Lipinski definition) is 2. The first kappa shape index (κ1) is 8.72. The van der Waals surface area contributed by atoms with E-state index >= 15 is 0 Å². The Hall–Kier alpha value is -1.37. The van der Waals surface area contributed by atoms with Crippen LogP contribution >= 0.6 is 0 Å². The van der Waals surface area contributed by atoms with E-state index < -0.39 is 10.0 Å². The van der Waals surface area contributed by atoms with Crippen LogP contribution in [-0.2, 0) is 10.0 Å². The van der Waals surface area contributed by atoms with E-state index in [1.807, 2.05) is 0 Å². The van der Waals surface area contributed by atoms with Crippen LogP contribution in [0.5, 0.6) is 0 Å². The molecule has 0 aliphatic rings. The lowest BCUT2D eigenvalue weighted by Gasteiger charge is -1.99. The zero-order valence-corrected chi connectivity index (χ0v) is 7.00. The standard InChI is InChI=1S/C5H8N4O2S/c1-2-3-12(10,11)9-5-6-4-7-8-5/h2,4H,1,3H2,(H2,6,7,8,9). The number of rotatable bonds is 4. The highest BCUT2D eigenvalue weighted by atomic mass is 32.2. The van der Waals surface area contributed by atoms with Crippen LogP contribution in [0.4, 0.5) is 5.95 Å². The van der Waals surface area contributed by atoms with E-state index in [9.17, 15) is 8.42 Å². The smallest absolute Gasteiger partial charge is 0.255 e. The number of nitrogens with zero attached hydrogens (tertiary/aromatic N) is 2. The van der Waals surface area contributed by atoms with E-state index in [4.69, 9.17) is 0 Å². The molecule has 0 amide bonds. The second-order valence-corrected chi connectivity index (χ2v) is 3.76. The molecule has 0 atom stereocenters. The molecule has 0 bridgehead atoms. The quantitative estimate of drug-likeness (QED) is 0.637. The second-order valence-electron chi connectivity index (χ2n) is 1.99. The molecule has 0 aliphatic heterocycles. The fraction of sp³-hybridized carbons (Fsp3) is 0.200. The van der Waals surface area contributed by atoms with Crippen molar-refractivity contribution >= 4 is 16.0 Å². The molecule has 0 fully saturated rings. The Balaban J connectivity index is 2.69. The summed E-state index contributed by atoms with van der Waals surface area (Å²) in [5.41, 5.74) is 0. The molecule has 7 heteroatoms. The molecule has 0 saturated carbocycles. The minimum absolute atomic E-state index is 0.0388. The van der Waals surface area contributed by atoms with Gasteiger partial charge in [0.25, 0.3) is 5.95 Å². The van der Waals surface area contributed by atoms with Crippen LogP contribution in [-0.4, -0.2) is 29.4 Å². The van der Waals surface area contributed by atoms with Crippen LogP contribution < -0.4 is 4.72 Å². The molecule has 0 unspecified atom stereocenters. The van der Waals surface area contributed by atoms with Gasteiger partial charge in [-0.15, -0.1) is 11.7 Å². The molecule has 0 aromatic carbocycles. The van der Waals surface area contributed by atoms with Crippen LogP contribution in [0.15, 0.2) is 19.0 Å². The summed E-state index contributed by atoms with van der Waals surface area (Å²) in [5.74, 6) is -0.112. The molecule has 1 aromatic heterocycles. The first-order valence-corrected chi connectivity index (χ1v) is 4.76. The third-order valence-corrected chi connectivity index (χ3v) is 2.17. The molecular formula is C5H8N4O2S. The van der Waals surface area contributed by atoms with Gasteiger partial charge in [-0.2, -0.15) is 4.98 Å². The monoisotopic (exact) mass is 188 g/mol. The molecule has 1 aromatic rings. The molecule has 1 rings (SSSR count). The summed E-state index contributed by atoms with van der Waals surface area (Å²) in [4.78, 5) is 3.59. The van der Waals surface area contributed by atoms with Gasteiger partial charge in [0.2, 0.25) is 10.0 Å². The fourth-order valence-corrected chi connectivity index (χ4v) is 1.36. The maximum absolute atomic E-state index is 11.0. The van der Waals surface area contributed by atoms with Gasteiger partial charge in [0.15, 0.2) is 0 Å². The van der Waals surface area contributed by atoms with Crippen molar-refractivity contribution in [2.45, 2.75) is 0 Å². The van der Waals surface area contributed by atoms with Crippen molar-refractivity contribution in [3.63, 3.8) is 0 Å². The third kappa shape index (κ3) is 2.35. The number of nitrogens with one attached hydrogen (secondary N) is 2. The molecule has 0 radical (unpaired) electrons. The number of H-pyrrole nitrogens is 1. The minimum Gasteiger partial charge on any atom is -0.264 e. The van der Waals surface area contributed by atoms with Crippen molar-refractivity contribution < 1.29 is 8.42 Å². The van der Waals surface area contributed by atoms with Gasteiger partial charge in [0.05, 0.1) is 5.75 Å². The topological polar surface area (TPSA) is 87.7 Å². The Morgan fingerprint density at radius 3 is 3.00 bits per heavy atom. The summed E-state index contributed by atoms with van der Waals surface area (Å²) >= 11 is 0. The zero-order chi connectivity index (χ0) is 9.03. The predicted octanol–water partition coefficient (Wildman–Crippen LogP) is -0.268. The number of anilines is 1. The van der Waals surface area contributed by atoms with Gasteiger partial charge in [0.1, 0.15) is 6.33 Å². The van der Waals surface area contributed by atoms with Crippen LogP contribution in [0.1, 0.15) is 0 Å². The van der Waals surface area contributed by atoms with Gasteiger partial charge in [0, 0.05) is 0 Å². The van der Waals surface area contributed by atoms with Crippen molar-refractivity contribution in [1.82, 2.24) is 15.2 Å². The molecule has 1 heterocycles. The normalized spacial score (nSPS) is 11.0. The maximum Gasteiger partial charge on any atom is 0.255 e. The summed E-state index contributed by atoms with van der Waals surface area (Å²) < 4.78 is 24.2. The SMILES string of the molecule is C=CCS(=O)(=O)Nc1nc[nH]n1. The van der Waals surface area contributed by atoms with Crippen LogP contribution in [0.25, 0.3) is 0 Å². The highest BCUT2D eigenvalue weighted by molar-refractivity contribution is 7.92. The summed E-state index contributed by atoms with van der Waals surface area (Å²) in [7, 11) is -3.37. The first-order valence-electron chi connectivity index (χ1n) is 3.11. The molecule has 6 nitrogen and oxygen atoms in total. The summed E-state index contributed by atoms with van der Waals surface area (Å²) in [6, 6.07) is 0. The molecule has 2 N–H and O–H groups in total. The lowest BCUT2D eigenvalue weighted by Crippen LogP contribution is -2.16. The van der Waals surface area contributed by atoms with Crippen molar-refractivity contribution in [2.75, 3.05) is 10.5 Å². The van der Waals surface area contributed by atoms with E-state index in [2.05, 4.69) is 26.5 Å². The lowest BCUT2D eigenvalue weighted by atomic mass is 10.8. The molecule has 0 saturated heterocycles. The Bertz CT molecular complexity index is 342. The summed E-state index contributed by atoms with van der Waals surface area (Å²) in [6.45, 7) is 3.31. The van der Waals surface area contributed by atoms with Gasteiger partial charge in [-0.1, -0.05) is 6.08 Å². The highest BCUT2D eigenvalue weighted by Crippen LogP contribution is 1.97. The van der Waals surface area contributed by atoms with Gasteiger partial charge in [-0.3, -0.25) is 5.10 Å².